The summed E-state index contributed by atoms with van der Waals surface area (Å²) < 4.78 is 23.1. The highest BCUT2D eigenvalue weighted by molar-refractivity contribution is 5.88. The summed E-state index contributed by atoms with van der Waals surface area (Å²) in [5.41, 5.74) is 6.93. The summed E-state index contributed by atoms with van der Waals surface area (Å²) in [6, 6.07) is 14.6. The van der Waals surface area contributed by atoms with Crippen LogP contribution >= 0.6 is 0 Å². The molecule has 1 heterocycles. The predicted molar refractivity (Wildman–Crippen MR) is 114 cm³/mol. The van der Waals surface area contributed by atoms with E-state index < -0.39 is 17.5 Å². The third kappa shape index (κ3) is 5.30. The summed E-state index contributed by atoms with van der Waals surface area (Å²) in [6.07, 6.45) is 0. The van der Waals surface area contributed by atoms with Crippen LogP contribution in [0.5, 0.6) is 11.5 Å². The average Bonchev–Trinajstić information content (AvgIpc) is 2.70. The summed E-state index contributed by atoms with van der Waals surface area (Å²) in [5.74, 6) is -2.59. The summed E-state index contributed by atoms with van der Waals surface area (Å²) in [6.45, 7) is 9.94. The van der Waals surface area contributed by atoms with Gasteiger partial charge in [-0.3, -0.25) is 0 Å². The SMILES string of the molecule is CCOC1(C)Oc2ccc(C(=O)O)cc2OC1(C)OCC.C[C@@H](N)c1ccccc1. The smallest absolute Gasteiger partial charge is 0.335 e. The van der Waals surface area contributed by atoms with Crippen LogP contribution < -0.4 is 15.2 Å². The number of carbonyl (C=O) groups is 1. The van der Waals surface area contributed by atoms with E-state index in [1.54, 1.807) is 19.9 Å². The third-order valence-electron chi connectivity index (χ3n) is 4.79. The van der Waals surface area contributed by atoms with E-state index in [9.17, 15) is 4.79 Å². The van der Waals surface area contributed by atoms with Crippen molar-refractivity contribution in [3.8, 4) is 11.5 Å². The Bertz CT molecular complexity index is 841. The quantitative estimate of drug-likeness (QED) is 0.720. The average molecular weight is 418 g/mol. The lowest BCUT2D eigenvalue weighted by Crippen LogP contribution is -2.63. The zero-order valence-corrected chi connectivity index (χ0v) is 18.2. The molecule has 2 unspecified atom stereocenters. The van der Waals surface area contributed by atoms with E-state index in [-0.39, 0.29) is 11.6 Å². The zero-order chi connectivity index (χ0) is 22.4. The van der Waals surface area contributed by atoms with Gasteiger partial charge in [-0.05, 0) is 44.5 Å². The molecule has 0 radical (unpaired) electrons. The van der Waals surface area contributed by atoms with E-state index in [2.05, 4.69) is 0 Å². The number of ether oxygens (including phenoxy) is 4. The van der Waals surface area contributed by atoms with Gasteiger partial charge in [0.25, 0.3) is 11.6 Å². The molecule has 0 fully saturated rings. The minimum atomic E-state index is -1.18. The first-order chi connectivity index (χ1) is 14.2. The van der Waals surface area contributed by atoms with Crippen LogP contribution in [0, 0.1) is 0 Å². The fourth-order valence-electron chi connectivity index (χ4n) is 3.04. The van der Waals surface area contributed by atoms with Gasteiger partial charge in [-0.25, -0.2) is 4.79 Å². The van der Waals surface area contributed by atoms with E-state index >= 15 is 0 Å². The van der Waals surface area contributed by atoms with Crippen molar-refractivity contribution in [3.63, 3.8) is 0 Å². The highest BCUT2D eigenvalue weighted by atomic mass is 16.8. The van der Waals surface area contributed by atoms with Gasteiger partial charge in [0.2, 0.25) is 0 Å². The first-order valence-corrected chi connectivity index (χ1v) is 9.99. The molecule has 0 amide bonds. The van der Waals surface area contributed by atoms with Gasteiger partial charge >= 0.3 is 5.97 Å². The van der Waals surface area contributed by atoms with Crippen molar-refractivity contribution in [2.75, 3.05) is 13.2 Å². The van der Waals surface area contributed by atoms with Gasteiger partial charge in [0.1, 0.15) is 0 Å². The van der Waals surface area contributed by atoms with Crippen LogP contribution in [0.4, 0.5) is 0 Å². The Hall–Kier alpha value is -2.61. The van der Waals surface area contributed by atoms with Crippen molar-refractivity contribution in [3.05, 3.63) is 59.7 Å². The molecular weight excluding hydrogens is 386 g/mol. The second-order valence-corrected chi connectivity index (χ2v) is 7.13. The Kier molecular flexibility index (Phi) is 7.83. The molecule has 1 aliphatic heterocycles. The molecule has 0 saturated carbocycles. The van der Waals surface area contributed by atoms with E-state index in [1.165, 1.54) is 17.7 Å². The predicted octanol–water partition coefficient (Wildman–Crippen LogP) is 4.37. The van der Waals surface area contributed by atoms with Crippen LogP contribution in [0.15, 0.2) is 48.5 Å². The second-order valence-electron chi connectivity index (χ2n) is 7.13. The van der Waals surface area contributed by atoms with Crippen molar-refractivity contribution in [2.24, 2.45) is 5.73 Å². The number of fused-ring (bicyclic) bond motifs is 1. The molecular formula is C23H31NO6. The Labute approximate surface area is 177 Å². The highest BCUT2D eigenvalue weighted by Gasteiger charge is 2.55. The molecule has 0 spiro atoms. The topological polar surface area (TPSA) is 100 Å². The number of benzene rings is 2. The maximum atomic E-state index is 11.1. The van der Waals surface area contributed by atoms with Gasteiger partial charge in [-0.15, -0.1) is 0 Å². The highest BCUT2D eigenvalue weighted by Crippen LogP contribution is 2.45. The van der Waals surface area contributed by atoms with Gasteiger partial charge in [0.05, 0.1) is 5.56 Å². The molecule has 7 nitrogen and oxygen atoms in total. The number of nitrogens with two attached hydrogens (primary N) is 1. The fraction of sp³-hybridized carbons (Fsp3) is 0.435. The van der Waals surface area contributed by atoms with Crippen molar-refractivity contribution in [1.82, 2.24) is 0 Å². The van der Waals surface area contributed by atoms with Gasteiger partial charge in [-0.1, -0.05) is 30.3 Å². The van der Waals surface area contributed by atoms with Gasteiger partial charge in [0.15, 0.2) is 11.5 Å². The summed E-state index contributed by atoms with van der Waals surface area (Å²) in [7, 11) is 0. The maximum absolute atomic E-state index is 11.1. The second kappa shape index (κ2) is 9.93. The van der Waals surface area contributed by atoms with Crippen LogP contribution in [-0.4, -0.2) is 35.9 Å². The number of rotatable bonds is 6. The standard InChI is InChI=1S/C15H20O6.C8H11N/c1-5-18-14(3)15(4,19-6-2)21-12-9-10(13(16)17)7-8-11(12)20-14;1-7(9)8-5-3-2-4-6-8/h7-9H,5-6H2,1-4H3,(H,16,17);2-7H,9H2,1H3/t;7-/m.1/s1. The molecule has 164 valence electrons. The van der Waals surface area contributed by atoms with Crippen LogP contribution in [0.25, 0.3) is 0 Å². The Morgan fingerprint density at radius 2 is 1.53 bits per heavy atom. The molecule has 3 rings (SSSR count). The number of carboxylic acids is 1. The zero-order valence-electron chi connectivity index (χ0n) is 18.2. The first kappa shape index (κ1) is 23.7. The van der Waals surface area contributed by atoms with Gasteiger partial charge in [0, 0.05) is 33.1 Å². The van der Waals surface area contributed by atoms with Crippen LogP contribution in [0.2, 0.25) is 0 Å². The molecule has 1 aliphatic rings. The van der Waals surface area contributed by atoms with E-state index in [0.29, 0.717) is 24.7 Å². The van der Waals surface area contributed by atoms with Crippen LogP contribution in [0.1, 0.15) is 56.6 Å². The Morgan fingerprint density at radius 1 is 1.00 bits per heavy atom. The molecule has 2 aromatic rings. The summed E-state index contributed by atoms with van der Waals surface area (Å²) in [4.78, 5) is 11.1. The van der Waals surface area contributed by atoms with Crippen LogP contribution in [0.3, 0.4) is 0 Å². The molecule has 3 N–H and O–H groups in total. The summed E-state index contributed by atoms with van der Waals surface area (Å²) in [5, 5.41) is 9.05. The Morgan fingerprint density at radius 3 is 1.97 bits per heavy atom. The van der Waals surface area contributed by atoms with Crippen LogP contribution in [-0.2, 0) is 9.47 Å². The normalized spacial score (nSPS) is 23.1. The van der Waals surface area contributed by atoms with Crippen molar-refractivity contribution in [1.29, 1.82) is 0 Å². The lowest BCUT2D eigenvalue weighted by atomic mass is 10.1. The minimum absolute atomic E-state index is 0.121. The fourth-order valence-corrected chi connectivity index (χ4v) is 3.04. The monoisotopic (exact) mass is 417 g/mol. The third-order valence-corrected chi connectivity index (χ3v) is 4.79. The molecule has 7 heteroatoms. The van der Waals surface area contributed by atoms with Crippen molar-refractivity contribution < 1.29 is 28.8 Å². The number of aromatic carboxylic acids is 1. The number of hydrogen-bond acceptors (Lipinski definition) is 6. The van der Waals surface area contributed by atoms with E-state index in [1.807, 2.05) is 51.1 Å². The molecule has 0 saturated heterocycles. The van der Waals surface area contributed by atoms with Gasteiger partial charge in [-0.2, -0.15) is 0 Å². The maximum Gasteiger partial charge on any atom is 0.335 e. The molecule has 3 atom stereocenters. The molecule has 30 heavy (non-hydrogen) atoms. The van der Waals surface area contributed by atoms with Crippen molar-refractivity contribution >= 4 is 5.97 Å². The molecule has 0 aromatic heterocycles. The number of hydrogen-bond donors (Lipinski definition) is 2. The molecule has 0 aliphatic carbocycles. The first-order valence-electron chi connectivity index (χ1n) is 9.99. The lowest BCUT2D eigenvalue weighted by Gasteiger charge is -2.47. The molecule has 0 bridgehead atoms. The molecule has 2 aromatic carbocycles. The lowest BCUT2D eigenvalue weighted by molar-refractivity contribution is -0.357. The number of carboxylic acid groups (broad SMARTS) is 1. The van der Waals surface area contributed by atoms with Gasteiger partial charge < -0.3 is 29.8 Å². The van der Waals surface area contributed by atoms with E-state index in [4.69, 9.17) is 29.8 Å². The van der Waals surface area contributed by atoms with E-state index in [0.717, 1.165) is 0 Å². The van der Waals surface area contributed by atoms with Crippen molar-refractivity contribution in [2.45, 2.75) is 52.2 Å². The Balaban J connectivity index is 0.000000297. The minimum Gasteiger partial charge on any atom is -0.478 e. The summed E-state index contributed by atoms with van der Waals surface area (Å²) >= 11 is 0. The largest absolute Gasteiger partial charge is 0.478 e.